The van der Waals surface area contributed by atoms with Gasteiger partial charge in [0.05, 0.1) is 70.9 Å². The fourth-order valence-electron chi connectivity index (χ4n) is 7.26. The summed E-state index contributed by atoms with van der Waals surface area (Å²) in [6, 6.07) is 14.2. The lowest BCUT2D eigenvalue weighted by Gasteiger charge is -2.48. The fraction of sp³-hybridized carbons (Fsp3) is 0.500. The van der Waals surface area contributed by atoms with Gasteiger partial charge in [-0.1, -0.05) is 23.7 Å². The molecule has 0 atom stereocenters. The molecule has 2 aliphatic heterocycles. The van der Waals surface area contributed by atoms with Gasteiger partial charge >= 0.3 is 0 Å². The van der Waals surface area contributed by atoms with Gasteiger partial charge in [-0.25, -0.2) is 14.4 Å². The van der Waals surface area contributed by atoms with Crippen molar-refractivity contribution < 1.29 is 32.8 Å². The number of piperidine rings is 2. The highest BCUT2D eigenvalue weighted by Gasteiger charge is 2.38. The first-order chi connectivity index (χ1) is 27.2. The number of likely N-dealkylation sites (tertiary alicyclic amines) is 2. The molecule has 4 aromatic rings. The SMILES string of the molecule is CCOc1cc(CN2CCC(N(c3nc(OC)cc(OC)n3)N(c3nc(OC)cc(OC)n3)C3CCN(Cc4ccc(Cl)c(OCC)c4)CC3)CC2)ccc1F. The van der Waals surface area contributed by atoms with E-state index in [9.17, 15) is 4.39 Å². The zero-order valence-corrected chi connectivity index (χ0v) is 33.8. The highest BCUT2D eigenvalue weighted by molar-refractivity contribution is 6.32. The van der Waals surface area contributed by atoms with E-state index in [2.05, 4.69) is 25.9 Å². The maximum atomic E-state index is 14.4. The number of hydrogen-bond acceptors (Lipinski definition) is 14. The standard InChI is InChI=1S/C40H52ClFN8O6/c1-7-55-33-21-27(9-11-31(33)41)25-47-17-13-29(14-18-47)49(39-43-35(51-3)23-36(44-39)52-4)50(40-45-37(53-5)24-38(46-40)54-6)30-15-19-48(20-16-30)26-28-10-12-32(42)34(22-28)56-8-2/h9-12,21-24,29-30H,7-8,13-20,25-26H2,1-6H3. The lowest BCUT2D eigenvalue weighted by Crippen LogP contribution is -2.59. The topological polar surface area (TPSA) is 120 Å². The van der Waals surface area contributed by atoms with Crippen LogP contribution in [0.2, 0.25) is 5.02 Å². The van der Waals surface area contributed by atoms with Crippen molar-refractivity contribution in [2.45, 2.75) is 64.7 Å². The molecule has 2 saturated heterocycles. The van der Waals surface area contributed by atoms with Crippen molar-refractivity contribution in [2.75, 3.05) is 77.8 Å². The smallest absolute Gasteiger partial charge is 0.251 e. The minimum Gasteiger partial charge on any atom is -0.492 e. The van der Waals surface area contributed by atoms with Gasteiger partial charge in [0, 0.05) is 39.3 Å². The Hall–Kier alpha value is -4.86. The van der Waals surface area contributed by atoms with Crippen LogP contribution >= 0.6 is 11.6 Å². The minimum atomic E-state index is -0.360. The molecule has 0 saturated carbocycles. The van der Waals surface area contributed by atoms with E-state index in [4.69, 9.17) is 60.0 Å². The van der Waals surface area contributed by atoms with Gasteiger partial charge in [0.15, 0.2) is 11.6 Å². The van der Waals surface area contributed by atoms with Crippen LogP contribution in [0.5, 0.6) is 35.0 Å². The second-order valence-electron chi connectivity index (χ2n) is 13.6. The van der Waals surface area contributed by atoms with Gasteiger partial charge < -0.3 is 28.4 Å². The summed E-state index contributed by atoms with van der Waals surface area (Å²) in [5, 5.41) is 4.85. The van der Waals surface area contributed by atoms with Crippen molar-refractivity contribution in [3.8, 4) is 35.0 Å². The van der Waals surface area contributed by atoms with Gasteiger partial charge in [0.25, 0.3) is 11.9 Å². The molecule has 302 valence electrons. The number of benzene rings is 2. The third-order valence-corrected chi connectivity index (χ3v) is 10.3. The molecule has 0 unspecified atom stereocenters. The zero-order valence-electron chi connectivity index (χ0n) is 33.0. The molecule has 0 amide bonds. The van der Waals surface area contributed by atoms with E-state index in [1.165, 1.54) is 6.07 Å². The third kappa shape index (κ3) is 9.92. The second-order valence-corrected chi connectivity index (χ2v) is 14.0. The summed E-state index contributed by atoms with van der Waals surface area (Å²) >= 11 is 6.40. The van der Waals surface area contributed by atoms with Crippen molar-refractivity contribution >= 4 is 23.5 Å². The van der Waals surface area contributed by atoms with Crippen molar-refractivity contribution in [3.63, 3.8) is 0 Å². The van der Waals surface area contributed by atoms with Gasteiger partial charge in [-0.15, -0.1) is 0 Å². The summed E-state index contributed by atoms with van der Waals surface area (Å²) in [5.41, 5.74) is 2.12. The van der Waals surface area contributed by atoms with Crippen LogP contribution in [-0.2, 0) is 13.1 Å². The number of hydrogen-bond donors (Lipinski definition) is 0. The number of halogens is 2. The summed E-state index contributed by atoms with van der Waals surface area (Å²) < 4.78 is 48.2. The predicted octanol–water partition coefficient (Wildman–Crippen LogP) is 6.45. The highest BCUT2D eigenvalue weighted by Crippen LogP contribution is 2.35. The van der Waals surface area contributed by atoms with Crippen LogP contribution in [-0.4, -0.2) is 110 Å². The van der Waals surface area contributed by atoms with Crippen LogP contribution in [0.25, 0.3) is 0 Å². The fourth-order valence-corrected chi connectivity index (χ4v) is 7.44. The summed E-state index contributed by atoms with van der Waals surface area (Å²) in [5.74, 6) is 2.88. The molecule has 2 aliphatic rings. The Balaban J connectivity index is 1.32. The number of nitrogens with zero attached hydrogens (tertiary/aromatic N) is 8. The molecule has 16 heteroatoms. The molecule has 2 aromatic carbocycles. The van der Waals surface area contributed by atoms with E-state index in [1.807, 2.05) is 32.0 Å². The van der Waals surface area contributed by atoms with Crippen LogP contribution in [0, 0.1) is 5.82 Å². The average Bonchev–Trinajstić information content (AvgIpc) is 3.22. The van der Waals surface area contributed by atoms with Crippen molar-refractivity contribution in [1.82, 2.24) is 29.7 Å². The number of aromatic nitrogens is 4. The van der Waals surface area contributed by atoms with Gasteiger partial charge in [-0.2, -0.15) is 19.9 Å². The van der Waals surface area contributed by atoms with Crippen LogP contribution in [0.1, 0.15) is 50.7 Å². The largest absolute Gasteiger partial charge is 0.492 e. The Morgan fingerprint density at radius 1 is 0.607 bits per heavy atom. The molecule has 56 heavy (non-hydrogen) atoms. The minimum absolute atomic E-state index is 0.0534. The number of rotatable bonds is 17. The summed E-state index contributed by atoms with van der Waals surface area (Å²) in [4.78, 5) is 24.3. The van der Waals surface area contributed by atoms with Gasteiger partial charge in [-0.3, -0.25) is 9.80 Å². The molecule has 0 spiro atoms. The monoisotopic (exact) mass is 794 g/mol. The predicted molar refractivity (Wildman–Crippen MR) is 212 cm³/mol. The molecule has 0 N–H and O–H groups in total. The second kappa shape index (κ2) is 19.3. The number of ether oxygens (including phenoxy) is 6. The average molecular weight is 795 g/mol. The first kappa shape index (κ1) is 40.8. The summed E-state index contributed by atoms with van der Waals surface area (Å²) in [6.45, 7) is 9.32. The summed E-state index contributed by atoms with van der Waals surface area (Å²) in [7, 11) is 6.29. The zero-order chi connectivity index (χ0) is 39.6. The third-order valence-electron chi connectivity index (χ3n) is 10.0. The lowest BCUT2D eigenvalue weighted by atomic mass is 10.0. The molecule has 0 radical (unpaired) electrons. The quantitative estimate of drug-likeness (QED) is 0.109. The Kier molecular flexibility index (Phi) is 14.1. The normalized spacial score (nSPS) is 15.6. The molecular formula is C40H52ClFN8O6. The first-order valence-corrected chi connectivity index (χ1v) is 19.4. The Morgan fingerprint density at radius 3 is 1.41 bits per heavy atom. The number of anilines is 2. The molecule has 4 heterocycles. The van der Waals surface area contributed by atoms with E-state index in [-0.39, 0.29) is 23.7 Å². The number of hydrazine groups is 1. The van der Waals surface area contributed by atoms with Crippen LogP contribution < -0.4 is 38.4 Å². The maximum absolute atomic E-state index is 14.4. The Labute approximate surface area is 333 Å². The highest BCUT2D eigenvalue weighted by atomic mass is 35.5. The van der Waals surface area contributed by atoms with Crippen molar-refractivity contribution in [2.24, 2.45) is 0 Å². The molecule has 6 rings (SSSR count). The maximum Gasteiger partial charge on any atom is 0.251 e. The van der Waals surface area contributed by atoms with E-state index in [0.717, 1.165) is 69.5 Å². The Bertz CT molecular complexity index is 1720. The molecule has 14 nitrogen and oxygen atoms in total. The Morgan fingerprint density at radius 2 is 1.00 bits per heavy atom. The molecule has 0 aliphatic carbocycles. The van der Waals surface area contributed by atoms with Crippen molar-refractivity contribution in [3.05, 3.63) is 70.5 Å². The van der Waals surface area contributed by atoms with Gasteiger partial charge in [0.2, 0.25) is 23.5 Å². The van der Waals surface area contributed by atoms with Crippen molar-refractivity contribution in [1.29, 1.82) is 0 Å². The first-order valence-electron chi connectivity index (χ1n) is 19.0. The van der Waals surface area contributed by atoms with Gasteiger partial charge in [-0.05, 0) is 74.9 Å². The van der Waals surface area contributed by atoms with E-state index >= 15 is 0 Å². The molecule has 2 fully saturated rings. The summed E-state index contributed by atoms with van der Waals surface area (Å²) in [6.07, 6.45) is 3.10. The van der Waals surface area contributed by atoms with Gasteiger partial charge in [0.1, 0.15) is 5.75 Å². The van der Waals surface area contributed by atoms with Crippen LogP contribution in [0.3, 0.4) is 0 Å². The lowest BCUT2D eigenvalue weighted by molar-refractivity contribution is 0.181. The van der Waals surface area contributed by atoms with Crippen LogP contribution in [0.4, 0.5) is 16.3 Å². The van der Waals surface area contributed by atoms with E-state index in [1.54, 1.807) is 46.6 Å². The molecule has 0 bridgehead atoms. The van der Waals surface area contributed by atoms with E-state index < -0.39 is 0 Å². The number of methoxy groups -OCH3 is 4. The van der Waals surface area contributed by atoms with Crippen LogP contribution in [0.15, 0.2) is 48.5 Å². The van der Waals surface area contributed by atoms with E-state index in [0.29, 0.717) is 65.9 Å². The molecule has 2 aromatic heterocycles. The molecular weight excluding hydrogens is 743 g/mol.